The van der Waals surface area contributed by atoms with Gasteiger partial charge in [0.25, 0.3) is 0 Å². The molecule has 0 spiro atoms. The lowest BCUT2D eigenvalue weighted by atomic mass is 9.78. The van der Waals surface area contributed by atoms with Gasteiger partial charge in [0.15, 0.2) is 11.6 Å². The summed E-state index contributed by atoms with van der Waals surface area (Å²) in [4.78, 5) is 25.7. The number of benzene rings is 1. The maximum atomic E-state index is 12.9. The average molecular weight is 316 g/mol. The number of ketones is 2. The minimum Gasteiger partial charge on any atom is -0.374 e. The van der Waals surface area contributed by atoms with Gasteiger partial charge in [0.1, 0.15) is 0 Å². The quantitative estimate of drug-likeness (QED) is 0.772. The van der Waals surface area contributed by atoms with Crippen LogP contribution in [-0.4, -0.2) is 23.7 Å². The molecule has 2 heterocycles. The van der Waals surface area contributed by atoms with Crippen LogP contribution in [0.3, 0.4) is 0 Å². The van der Waals surface area contributed by atoms with Crippen LogP contribution in [0.1, 0.15) is 23.2 Å². The molecule has 24 heavy (non-hydrogen) atoms. The zero-order chi connectivity index (χ0) is 16.3. The van der Waals surface area contributed by atoms with E-state index in [1.165, 1.54) is 0 Å². The molecule has 5 rings (SSSR count). The topological polar surface area (TPSA) is 58.2 Å². The van der Waals surface area contributed by atoms with Crippen molar-refractivity contribution in [3.63, 3.8) is 0 Å². The zero-order valence-electron chi connectivity index (χ0n) is 13.0. The largest absolute Gasteiger partial charge is 0.374 e. The maximum absolute atomic E-state index is 12.9. The molecule has 4 nitrogen and oxygen atoms in total. The summed E-state index contributed by atoms with van der Waals surface area (Å²) < 4.78 is 0. The first-order valence-corrected chi connectivity index (χ1v) is 8.27. The number of anilines is 1. The summed E-state index contributed by atoms with van der Waals surface area (Å²) >= 11 is 0. The minimum atomic E-state index is -0.231. The van der Waals surface area contributed by atoms with E-state index in [1.54, 1.807) is 0 Å². The predicted octanol–water partition coefficient (Wildman–Crippen LogP) is 2.67. The molecule has 2 aliphatic carbocycles. The number of carbonyl (C=O) groups is 2. The van der Waals surface area contributed by atoms with Gasteiger partial charge in [-0.3, -0.25) is 9.59 Å². The van der Waals surface area contributed by atoms with E-state index in [-0.39, 0.29) is 23.7 Å². The maximum Gasteiger partial charge on any atom is 0.193 e. The molecule has 4 aliphatic rings. The fraction of sp³-hybridized carbons (Fsp3) is 0.200. The monoisotopic (exact) mass is 316 g/mol. The van der Waals surface area contributed by atoms with E-state index in [9.17, 15) is 9.59 Å². The Morgan fingerprint density at radius 2 is 1.67 bits per heavy atom. The number of allylic oxidation sites excluding steroid dienone is 3. The highest BCUT2D eigenvalue weighted by atomic mass is 16.1. The zero-order valence-corrected chi connectivity index (χ0v) is 13.0. The van der Waals surface area contributed by atoms with Gasteiger partial charge in [-0.1, -0.05) is 18.2 Å². The number of hydrogen-bond donors (Lipinski definition) is 2. The molecular weight excluding hydrogens is 300 g/mol. The molecule has 2 N–H and O–H groups in total. The van der Waals surface area contributed by atoms with E-state index < -0.39 is 0 Å². The molecule has 0 fully saturated rings. The van der Waals surface area contributed by atoms with Crippen molar-refractivity contribution < 1.29 is 9.59 Å². The molecule has 118 valence electrons. The van der Waals surface area contributed by atoms with Crippen LogP contribution in [0.25, 0.3) is 0 Å². The molecule has 0 amide bonds. The van der Waals surface area contributed by atoms with Crippen molar-refractivity contribution in [1.82, 2.24) is 5.32 Å². The summed E-state index contributed by atoms with van der Waals surface area (Å²) in [6.45, 7) is 0. The molecule has 2 aliphatic heterocycles. The fourth-order valence-electron chi connectivity index (χ4n) is 3.93. The summed E-state index contributed by atoms with van der Waals surface area (Å²) in [6.07, 6.45) is 9.57. The van der Waals surface area contributed by atoms with Gasteiger partial charge in [-0.25, -0.2) is 0 Å². The van der Waals surface area contributed by atoms with Crippen molar-refractivity contribution >= 4 is 17.3 Å². The van der Waals surface area contributed by atoms with Crippen LogP contribution in [0, 0.1) is 0 Å². The third-order valence-corrected chi connectivity index (χ3v) is 5.13. The van der Waals surface area contributed by atoms with Crippen LogP contribution in [0.2, 0.25) is 0 Å². The van der Waals surface area contributed by atoms with Crippen LogP contribution in [-0.2, 0) is 4.79 Å². The highest BCUT2D eigenvalue weighted by molar-refractivity contribution is 6.17. The minimum absolute atomic E-state index is 0.0397. The van der Waals surface area contributed by atoms with Gasteiger partial charge in [0.2, 0.25) is 0 Å². The lowest BCUT2D eigenvalue weighted by Gasteiger charge is -2.36. The third kappa shape index (κ3) is 1.80. The number of fused-ring (bicyclic) bond motifs is 3. The normalized spacial score (nSPS) is 27.0. The van der Waals surface area contributed by atoms with E-state index >= 15 is 0 Å². The summed E-state index contributed by atoms with van der Waals surface area (Å²) in [7, 11) is 0. The van der Waals surface area contributed by atoms with Gasteiger partial charge in [-0.05, 0) is 43.2 Å². The Labute approximate surface area is 139 Å². The second-order valence-electron chi connectivity index (χ2n) is 6.53. The van der Waals surface area contributed by atoms with Crippen LogP contribution in [0.15, 0.2) is 71.0 Å². The van der Waals surface area contributed by atoms with E-state index in [2.05, 4.69) is 16.7 Å². The molecule has 1 aromatic carbocycles. The third-order valence-electron chi connectivity index (χ3n) is 5.13. The van der Waals surface area contributed by atoms with E-state index in [0.29, 0.717) is 11.1 Å². The fourth-order valence-corrected chi connectivity index (χ4v) is 3.93. The molecule has 0 aromatic heterocycles. The Bertz CT molecular complexity index is 917. The number of para-hydroxylation sites is 1. The Morgan fingerprint density at radius 1 is 0.917 bits per heavy atom. The lowest BCUT2D eigenvalue weighted by molar-refractivity contribution is -0.113. The molecular formula is C20H16N2O2. The highest BCUT2D eigenvalue weighted by Gasteiger charge is 2.38. The first kappa shape index (κ1) is 13.5. The van der Waals surface area contributed by atoms with Crippen LogP contribution >= 0.6 is 0 Å². The van der Waals surface area contributed by atoms with Gasteiger partial charge in [-0.2, -0.15) is 0 Å². The summed E-state index contributed by atoms with van der Waals surface area (Å²) in [5.41, 5.74) is 4.75. The predicted molar refractivity (Wildman–Crippen MR) is 91.7 cm³/mol. The number of rotatable bonds is 0. The number of carbonyl (C=O) groups excluding carboxylic acids is 2. The number of Topliss-reactive ketones (excluding diaryl/α,β-unsaturated/α-hetero) is 2. The van der Waals surface area contributed by atoms with Gasteiger partial charge in [-0.15, -0.1) is 0 Å². The average Bonchev–Trinajstić information content (AvgIpc) is 2.62. The van der Waals surface area contributed by atoms with Crippen molar-refractivity contribution in [1.29, 1.82) is 0 Å². The molecule has 0 radical (unpaired) electrons. The molecule has 1 aromatic rings. The van der Waals surface area contributed by atoms with Crippen LogP contribution < -0.4 is 10.6 Å². The van der Waals surface area contributed by atoms with Gasteiger partial charge < -0.3 is 10.6 Å². The summed E-state index contributed by atoms with van der Waals surface area (Å²) in [5.74, 6) is 0.152. The second kappa shape index (κ2) is 4.81. The van der Waals surface area contributed by atoms with E-state index in [1.807, 2.05) is 42.5 Å². The van der Waals surface area contributed by atoms with Crippen molar-refractivity contribution in [2.45, 2.75) is 24.9 Å². The number of nitrogens with one attached hydrogen (secondary N) is 2. The molecule has 0 saturated carbocycles. The molecule has 2 atom stereocenters. The first-order valence-electron chi connectivity index (χ1n) is 8.27. The highest BCUT2D eigenvalue weighted by Crippen LogP contribution is 2.36. The number of hydrogen-bond acceptors (Lipinski definition) is 4. The molecule has 4 heteroatoms. The SMILES string of the molecule is O=C1C2=CC3Nc4ccccc4C(=O)C3=CC2NC2=C1CCC=C2. The Balaban J connectivity index is 1.60. The van der Waals surface area contributed by atoms with Crippen molar-refractivity contribution in [2.24, 2.45) is 0 Å². The standard InChI is InChI=1S/C20H16N2O2/c23-19-11-5-1-3-7-15(11)21-17-10-14-18(9-13(17)19)22-16-8-4-2-6-12(16)20(14)24/h1,3-5,7-10,17-18,21-22H,2,6H2. The second-order valence-corrected chi connectivity index (χ2v) is 6.53. The van der Waals surface area contributed by atoms with Gasteiger partial charge >= 0.3 is 0 Å². The van der Waals surface area contributed by atoms with E-state index in [0.717, 1.165) is 35.4 Å². The van der Waals surface area contributed by atoms with Crippen LogP contribution in [0.5, 0.6) is 0 Å². The van der Waals surface area contributed by atoms with E-state index in [4.69, 9.17) is 0 Å². The summed E-state index contributed by atoms with van der Waals surface area (Å²) in [6, 6.07) is 7.07. The van der Waals surface area contributed by atoms with Crippen molar-refractivity contribution in [3.05, 3.63) is 76.5 Å². The summed E-state index contributed by atoms with van der Waals surface area (Å²) in [5, 5.41) is 6.79. The Morgan fingerprint density at radius 3 is 2.54 bits per heavy atom. The van der Waals surface area contributed by atoms with Gasteiger partial charge in [0.05, 0.1) is 12.1 Å². The Hall–Kier alpha value is -2.88. The van der Waals surface area contributed by atoms with Crippen LogP contribution in [0.4, 0.5) is 5.69 Å². The molecule has 2 unspecified atom stereocenters. The van der Waals surface area contributed by atoms with Gasteiger partial charge in [0, 0.05) is 33.7 Å². The first-order chi connectivity index (χ1) is 11.7. The lowest BCUT2D eigenvalue weighted by Crippen LogP contribution is -2.44. The van der Waals surface area contributed by atoms with Crippen molar-refractivity contribution in [2.75, 3.05) is 5.32 Å². The van der Waals surface area contributed by atoms with Crippen molar-refractivity contribution in [3.8, 4) is 0 Å². The molecule has 0 saturated heterocycles. The Kier molecular flexibility index (Phi) is 2.71. The smallest absolute Gasteiger partial charge is 0.193 e. The molecule has 0 bridgehead atoms.